The minimum absolute atomic E-state index is 0. The molecular weight excluding hydrogens is 388 g/mol. The van der Waals surface area contributed by atoms with Crippen LogP contribution in [-0.4, -0.2) is 25.0 Å². The molecule has 1 aromatic rings. The molecule has 7 heteroatoms. The van der Waals surface area contributed by atoms with Gasteiger partial charge < -0.3 is 10.6 Å². The molecule has 1 heterocycles. The molecule has 106 valence electrons. The number of carbonyl (C=O) groups is 1. The maximum absolute atomic E-state index is 13.1. The number of benzene rings is 1. The molecule has 1 saturated heterocycles. The van der Waals surface area contributed by atoms with Gasteiger partial charge in [-0.15, -0.1) is 12.4 Å². The summed E-state index contributed by atoms with van der Waals surface area (Å²) in [5.74, 6) is -2.29. The van der Waals surface area contributed by atoms with Crippen molar-refractivity contribution in [3.63, 3.8) is 0 Å². The summed E-state index contributed by atoms with van der Waals surface area (Å²) in [6, 6.07) is 2.03. The van der Waals surface area contributed by atoms with Crippen LogP contribution in [0.1, 0.15) is 23.2 Å². The van der Waals surface area contributed by atoms with Crippen molar-refractivity contribution in [3.05, 3.63) is 32.9 Å². The van der Waals surface area contributed by atoms with Crippen LogP contribution in [0, 0.1) is 15.2 Å². The maximum Gasteiger partial charge on any atom is 0.252 e. The maximum atomic E-state index is 13.1. The number of amides is 1. The first-order valence-corrected chi connectivity index (χ1v) is 6.82. The Labute approximate surface area is 130 Å². The average Bonchev–Trinajstić information content (AvgIpc) is 2.35. The molecule has 1 fully saturated rings. The molecule has 0 aromatic heterocycles. The molecule has 1 unspecified atom stereocenters. The Hall–Kier alpha value is -0.470. The second kappa shape index (κ2) is 7.35. The quantitative estimate of drug-likeness (QED) is 0.589. The number of rotatable bonds is 2. The normalized spacial score (nSPS) is 18.6. The highest BCUT2D eigenvalue weighted by atomic mass is 127. The van der Waals surface area contributed by atoms with Crippen LogP contribution in [0.25, 0.3) is 0 Å². The van der Waals surface area contributed by atoms with Gasteiger partial charge in [-0.2, -0.15) is 0 Å². The van der Waals surface area contributed by atoms with Crippen LogP contribution < -0.4 is 10.6 Å². The molecule has 0 saturated carbocycles. The van der Waals surface area contributed by atoms with Gasteiger partial charge in [0.15, 0.2) is 11.6 Å². The SMILES string of the molecule is Cl.O=C(NC1CCCNC1)c1cc(F)c(F)cc1I. The predicted octanol–water partition coefficient (Wildman–Crippen LogP) is 2.47. The van der Waals surface area contributed by atoms with Gasteiger partial charge in [-0.1, -0.05) is 0 Å². The van der Waals surface area contributed by atoms with Crippen molar-refractivity contribution in [2.45, 2.75) is 18.9 Å². The topological polar surface area (TPSA) is 41.1 Å². The summed E-state index contributed by atoms with van der Waals surface area (Å²) < 4.78 is 26.5. The molecule has 0 aliphatic carbocycles. The molecule has 3 nitrogen and oxygen atoms in total. The van der Waals surface area contributed by atoms with Crippen molar-refractivity contribution in [2.24, 2.45) is 0 Å². The van der Waals surface area contributed by atoms with Crippen molar-refractivity contribution >= 4 is 40.9 Å². The second-order valence-corrected chi connectivity index (χ2v) is 5.43. The monoisotopic (exact) mass is 402 g/mol. The van der Waals surface area contributed by atoms with Crippen LogP contribution in [-0.2, 0) is 0 Å². The van der Waals surface area contributed by atoms with E-state index in [9.17, 15) is 13.6 Å². The molecule has 0 bridgehead atoms. The summed E-state index contributed by atoms with van der Waals surface area (Å²) in [5.41, 5.74) is 0.181. The Bertz CT molecular complexity index is 467. The lowest BCUT2D eigenvalue weighted by Crippen LogP contribution is -2.45. The summed E-state index contributed by atoms with van der Waals surface area (Å²) in [7, 11) is 0. The van der Waals surface area contributed by atoms with Gasteiger partial charge in [-0.05, 0) is 54.1 Å². The van der Waals surface area contributed by atoms with Gasteiger partial charge in [-0.25, -0.2) is 8.78 Å². The predicted molar refractivity (Wildman–Crippen MR) is 79.7 cm³/mol. The molecule has 0 radical (unpaired) electrons. The van der Waals surface area contributed by atoms with Crippen molar-refractivity contribution in [1.82, 2.24) is 10.6 Å². The van der Waals surface area contributed by atoms with Gasteiger partial charge in [-0.3, -0.25) is 4.79 Å². The van der Waals surface area contributed by atoms with E-state index in [4.69, 9.17) is 0 Å². The summed E-state index contributed by atoms with van der Waals surface area (Å²) in [5, 5.41) is 6.00. The Balaban J connectivity index is 0.00000180. The van der Waals surface area contributed by atoms with E-state index in [0.29, 0.717) is 10.1 Å². The minimum atomic E-state index is -0.998. The summed E-state index contributed by atoms with van der Waals surface area (Å²) in [4.78, 5) is 12.0. The van der Waals surface area contributed by atoms with E-state index < -0.39 is 11.6 Å². The molecule has 2 rings (SSSR count). The molecule has 1 aromatic carbocycles. The third kappa shape index (κ3) is 4.25. The zero-order chi connectivity index (χ0) is 13.1. The van der Waals surface area contributed by atoms with Crippen molar-refractivity contribution in [2.75, 3.05) is 13.1 Å². The van der Waals surface area contributed by atoms with Crippen molar-refractivity contribution < 1.29 is 13.6 Å². The smallest absolute Gasteiger partial charge is 0.252 e. The Morgan fingerprint density at radius 1 is 1.37 bits per heavy atom. The summed E-state index contributed by atoms with van der Waals surface area (Å²) in [6.45, 7) is 1.67. The van der Waals surface area contributed by atoms with Gasteiger partial charge in [0.05, 0.1) is 5.56 Å². The van der Waals surface area contributed by atoms with Crippen LogP contribution >= 0.6 is 35.0 Å². The average molecular weight is 403 g/mol. The fourth-order valence-electron chi connectivity index (χ4n) is 1.93. The zero-order valence-corrected chi connectivity index (χ0v) is 13.0. The molecule has 1 aliphatic rings. The Morgan fingerprint density at radius 3 is 2.68 bits per heavy atom. The van der Waals surface area contributed by atoms with Crippen LogP contribution in [0.4, 0.5) is 8.78 Å². The van der Waals surface area contributed by atoms with E-state index in [1.54, 1.807) is 0 Å². The van der Waals surface area contributed by atoms with E-state index in [-0.39, 0.29) is 29.9 Å². The van der Waals surface area contributed by atoms with E-state index in [1.165, 1.54) is 0 Å². The first kappa shape index (κ1) is 16.6. The molecule has 19 heavy (non-hydrogen) atoms. The lowest BCUT2D eigenvalue weighted by molar-refractivity contribution is 0.0929. The first-order valence-electron chi connectivity index (χ1n) is 5.74. The van der Waals surface area contributed by atoms with Gasteiger partial charge in [0, 0.05) is 16.2 Å². The van der Waals surface area contributed by atoms with E-state index >= 15 is 0 Å². The number of halogens is 4. The van der Waals surface area contributed by atoms with E-state index in [1.807, 2.05) is 22.6 Å². The highest BCUT2D eigenvalue weighted by Gasteiger charge is 2.19. The van der Waals surface area contributed by atoms with Gasteiger partial charge in [0.2, 0.25) is 0 Å². The number of piperidine rings is 1. The molecule has 2 N–H and O–H groups in total. The zero-order valence-electron chi connectivity index (χ0n) is 10.0. The van der Waals surface area contributed by atoms with Crippen LogP contribution in [0.15, 0.2) is 12.1 Å². The minimum Gasteiger partial charge on any atom is -0.348 e. The third-order valence-corrected chi connectivity index (χ3v) is 3.78. The number of nitrogens with one attached hydrogen (secondary N) is 2. The molecular formula is C12H14ClF2IN2O. The van der Waals surface area contributed by atoms with Crippen LogP contribution in [0.2, 0.25) is 0 Å². The number of hydrogen-bond donors (Lipinski definition) is 2. The van der Waals surface area contributed by atoms with Crippen molar-refractivity contribution in [1.29, 1.82) is 0 Å². The fourth-order valence-corrected chi connectivity index (χ4v) is 2.61. The van der Waals surface area contributed by atoms with Gasteiger partial charge in [0.1, 0.15) is 0 Å². The van der Waals surface area contributed by atoms with E-state index in [0.717, 1.165) is 31.5 Å². The number of hydrogen-bond acceptors (Lipinski definition) is 2. The Morgan fingerprint density at radius 2 is 2.05 bits per heavy atom. The second-order valence-electron chi connectivity index (χ2n) is 4.26. The van der Waals surface area contributed by atoms with Crippen LogP contribution in [0.3, 0.4) is 0 Å². The molecule has 1 amide bonds. The standard InChI is InChI=1S/C12H13F2IN2O.ClH/c13-9-4-8(11(15)5-10(9)14)12(18)17-7-2-1-3-16-6-7;/h4-5,7,16H,1-3,6H2,(H,17,18);1H. The first-order chi connectivity index (χ1) is 8.58. The van der Waals surface area contributed by atoms with Gasteiger partial charge in [0.25, 0.3) is 5.91 Å². The third-order valence-electron chi connectivity index (χ3n) is 2.89. The van der Waals surface area contributed by atoms with Crippen LogP contribution in [0.5, 0.6) is 0 Å². The fraction of sp³-hybridized carbons (Fsp3) is 0.417. The summed E-state index contributed by atoms with van der Waals surface area (Å²) in [6.07, 6.45) is 1.90. The highest BCUT2D eigenvalue weighted by Crippen LogP contribution is 2.17. The van der Waals surface area contributed by atoms with E-state index in [2.05, 4.69) is 10.6 Å². The van der Waals surface area contributed by atoms with Gasteiger partial charge >= 0.3 is 0 Å². The molecule has 0 spiro atoms. The summed E-state index contributed by atoms with van der Waals surface area (Å²) >= 11 is 1.83. The van der Waals surface area contributed by atoms with Crippen molar-refractivity contribution in [3.8, 4) is 0 Å². The Kier molecular flexibility index (Phi) is 6.41. The highest BCUT2D eigenvalue weighted by molar-refractivity contribution is 14.1. The molecule has 1 atom stereocenters. The lowest BCUT2D eigenvalue weighted by Gasteiger charge is -2.24. The lowest BCUT2D eigenvalue weighted by atomic mass is 10.1. The number of carbonyl (C=O) groups excluding carboxylic acids is 1. The molecule has 1 aliphatic heterocycles. The largest absolute Gasteiger partial charge is 0.348 e.